The molecule has 0 aromatic heterocycles. The van der Waals surface area contributed by atoms with Crippen molar-refractivity contribution in [3.8, 4) is 5.75 Å². The molecule has 2 nitrogen and oxygen atoms in total. The van der Waals surface area contributed by atoms with Crippen LogP contribution in [0.3, 0.4) is 0 Å². The molecule has 2 aromatic rings. The average molecular weight is 353 g/mol. The zero-order valence-electron chi connectivity index (χ0n) is 10.5. The molecule has 2 N–H and O–H groups in total. The van der Waals surface area contributed by atoms with Gasteiger partial charge in [0.1, 0.15) is 5.75 Å². The van der Waals surface area contributed by atoms with Gasteiger partial charge in [-0.3, -0.25) is 0 Å². The van der Waals surface area contributed by atoms with Crippen LogP contribution in [0.4, 0.5) is 0 Å². The number of benzene rings is 2. The predicted octanol–water partition coefficient (Wildman–Crippen LogP) is 3.66. The topological polar surface area (TPSA) is 35.2 Å². The molecule has 2 aromatic carbocycles. The summed E-state index contributed by atoms with van der Waals surface area (Å²) in [4.78, 5) is 0. The molecule has 0 heterocycles. The lowest BCUT2D eigenvalue weighted by molar-refractivity contribution is 0.414. The van der Waals surface area contributed by atoms with E-state index in [-0.39, 0.29) is 6.04 Å². The summed E-state index contributed by atoms with van der Waals surface area (Å²) in [5.41, 5.74) is 9.76. The lowest BCUT2D eigenvalue weighted by atomic mass is 9.96. The Hall–Kier alpha value is -1.07. The Bertz CT molecular complexity index is 554. The zero-order chi connectivity index (χ0) is 13.1. The van der Waals surface area contributed by atoms with Crippen LogP contribution < -0.4 is 10.5 Å². The molecule has 0 spiro atoms. The number of ether oxygens (including phenoxy) is 1. The Morgan fingerprint density at radius 3 is 2.56 bits per heavy atom. The van der Waals surface area contributed by atoms with E-state index in [2.05, 4.69) is 47.7 Å². The van der Waals surface area contributed by atoms with Crippen molar-refractivity contribution in [2.24, 2.45) is 5.73 Å². The Kier molecular flexibility index (Phi) is 4.24. The van der Waals surface area contributed by atoms with Crippen molar-refractivity contribution in [2.45, 2.75) is 13.0 Å². The van der Waals surface area contributed by atoms with Gasteiger partial charge >= 0.3 is 0 Å². The summed E-state index contributed by atoms with van der Waals surface area (Å²) >= 11 is 2.30. The van der Waals surface area contributed by atoms with E-state index in [0.717, 1.165) is 22.4 Å². The lowest BCUT2D eigenvalue weighted by Crippen LogP contribution is -2.13. The van der Waals surface area contributed by atoms with E-state index in [0.29, 0.717) is 0 Å². The van der Waals surface area contributed by atoms with Crippen molar-refractivity contribution in [3.63, 3.8) is 0 Å². The minimum absolute atomic E-state index is 0.0920. The molecule has 3 heteroatoms. The first-order valence-electron chi connectivity index (χ1n) is 5.77. The van der Waals surface area contributed by atoms with Crippen molar-refractivity contribution in [2.75, 3.05) is 7.11 Å². The van der Waals surface area contributed by atoms with Crippen LogP contribution in [0.1, 0.15) is 22.7 Å². The van der Waals surface area contributed by atoms with Gasteiger partial charge in [-0.15, -0.1) is 0 Å². The van der Waals surface area contributed by atoms with Crippen molar-refractivity contribution >= 4 is 22.6 Å². The molecular formula is C15H16INO. The fourth-order valence-electron chi connectivity index (χ4n) is 2.00. The van der Waals surface area contributed by atoms with Gasteiger partial charge in [-0.25, -0.2) is 0 Å². The molecule has 2 rings (SSSR count). The third-order valence-corrected chi connectivity index (χ3v) is 3.69. The second kappa shape index (κ2) is 5.71. The first kappa shape index (κ1) is 13.4. The molecule has 0 saturated carbocycles. The van der Waals surface area contributed by atoms with Crippen LogP contribution in [0.15, 0.2) is 42.5 Å². The van der Waals surface area contributed by atoms with Gasteiger partial charge < -0.3 is 10.5 Å². The summed E-state index contributed by atoms with van der Waals surface area (Å²) in [6.45, 7) is 2.06. The van der Waals surface area contributed by atoms with Gasteiger partial charge in [-0.1, -0.05) is 18.2 Å². The summed E-state index contributed by atoms with van der Waals surface area (Å²) in [5.74, 6) is 0.867. The summed E-state index contributed by atoms with van der Waals surface area (Å²) in [6.07, 6.45) is 0. The van der Waals surface area contributed by atoms with Crippen molar-refractivity contribution in [1.29, 1.82) is 0 Å². The maximum absolute atomic E-state index is 6.33. The van der Waals surface area contributed by atoms with E-state index in [4.69, 9.17) is 10.5 Å². The van der Waals surface area contributed by atoms with Crippen LogP contribution >= 0.6 is 22.6 Å². The standard InChI is InChI=1S/C15H16INO/c1-10-8-13(18-2)6-7-14(10)15(17)11-4-3-5-12(16)9-11/h3-9,15H,17H2,1-2H3. The number of hydrogen-bond acceptors (Lipinski definition) is 2. The number of methoxy groups -OCH3 is 1. The fourth-order valence-corrected chi connectivity index (χ4v) is 2.57. The highest BCUT2D eigenvalue weighted by molar-refractivity contribution is 14.1. The largest absolute Gasteiger partial charge is 0.497 e. The van der Waals surface area contributed by atoms with E-state index in [9.17, 15) is 0 Å². The highest BCUT2D eigenvalue weighted by Crippen LogP contribution is 2.26. The van der Waals surface area contributed by atoms with Crippen molar-refractivity contribution < 1.29 is 4.74 Å². The quantitative estimate of drug-likeness (QED) is 0.855. The summed E-state index contributed by atoms with van der Waals surface area (Å²) in [6, 6.07) is 14.2. The van der Waals surface area contributed by atoms with Crippen LogP contribution in [-0.2, 0) is 0 Å². The molecular weight excluding hydrogens is 337 g/mol. The van der Waals surface area contributed by atoms with Crippen molar-refractivity contribution in [3.05, 3.63) is 62.7 Å². The van der Waals surface area contributed by atoms with Crippen molar-refractivity contribution in [1.82, 2.24) is 0 Å². The highest BCUT2D eigenvalue weighted by atomic mass is 127. The third kappa shape index (κ3) is 2.84. The van der Waals surface area contributed by atoms with E-state index < -0.39 is 0 Å². The molecule has 18 heavy (non-hydrogen) atoms. The molecule has 0 saturated heterocycles. The monoisotopic (exact) mass is 353 g/mol. The zero-order valence-corrected chi connectivity index (χ0v) is 12.6. The van der Waals surface area contributed by atoms with Gasteiger partial charge in [0.15, 0.2) is 0 Å². The molecule has 0 aliphatic rings. The van der Waals surface area contributed by atoms with E-state index in [1.165, 1.54) is 3.57 Å². The Morgan fingerprint density at radius 2 is 1.94 bits per heavy atom. The first-order valence-corrected chi connectivity index (χ1v) is 6.85. The van der Waals surface area contributed by atoms with Gasteiger partial charge in [0, 0.05) is 3.57 Å². The van der Waals surface area contributed by atoms with Gasteiger partial charge in [0.25, 0.3) is 0 Å². The SMILES string of the molecule is COc1ccc(C(N)c2cccc(I)c2)c(C)c1. The molecule has 0 radical (unpaired) electrons. The number of hydrogen-bond donors (Lipinski definition) is 1. The lowest BCUT2D eigenvalue weighted by Gasteiger charge is -2.16. The third-order valence-electron chi connectivity index (χ3n) is 3.02. The summed E-state index contributed by atoms with van der Waals surface area (Å²) in [5, 5.41) is 0. The Morgan fingerprint density at radius 1 is 1.17 bits per heavy atom. The molecule has 94 valence electrons. The second-order valence-electron chi connectivity index (χ2n) is 4.26. The molecule has 0 amide bonds. The van der Waals surface area contributed by atoms with Crippen LogP contribution in [0.2, 0.25) is 0 Å². The number of halogens is 1. The maximum atomic E-state index is 6.33. The molecule has 0 aliphatic heterocycles. The number of rotatable bonds is 3. The molecule has 1 atom stereocenters. The summed E-state index contributed by atoms with van der Waals surface area (Å²) in [7, 11) is 1.67. The highest BCUT2D eigenvalue weighted by Gasteiger charge is 2.12. The predicted molar refractivity (Wildman–Crippen MR) is 82.9 cm³/mol. The molecule has 0 fully saturated rings. The van der Waals surface area contributed by atoms with Crippen LogP contribution in [0.5, 0.6) is 5.75 Å². The molecule has 0 bridgehead atoms. The van der Waals surface area contributed by atoms with Crippen LogP contribution in [-0.4, -0.2) is 7.11 Å². The number of aryl methyl sites for hydroxylation is 1. The van der Waals surface area contributed by atoms with E-state index >= 15 is 0 Å². The minimum Gasteiger partial charge on any atom is -0.497 e. The smallest absolute Gasteiger partial charge is 0.119 e. The second-order valence-corrected chi connectivity index (χ2v) is 5.50. The van der Waals surface area contributed by atoms with Gasteiger partial charge in [0.2, 0.25) is 0 Å². The van der Waals surface area contributed by atoms with Gasteiger partial charge in [0.05, 0.1) is 13.2 Å². The maximum Gasteiger partial charge on any atom is 0.119 e. The first-order chi connectivity index (χ1) is 8.61. The normalized spacial score (nSPS) is 12.2. The fraction of sp³-hybridized carbons (Fsp3) is 0.200. The number of nitrogens with two attached hydrogens (primary N) is 1. The molecule has 1 unspecified atom stereocenters. The minimum atomic E-state index is -0.0920. The molecule has 0 aliphatic carbocycles. The summed E-state index contributed by atoms with van der Waals surface area (Å²) < 4.78 is 6.41. The average Bonchev–Trinajstić information content (AvgIpc) is 2.37. The Labute approximate surface area is 121 Å². The van der Waals surface area contributed by atoms with Gasteiger partial charge in [-0.05, 0) is 70.5 Å². The Balaban J connectivity index is 2.37. The van der Waals surface area contributed by atoms with E-state index in [1.54, 1.807) is 7.11 Å². The van der Waals surface area contributed by atoms with Gasteiger partial charge in [-0.2, -0.15) is 0 Å². The van der Waals surface area contributed by atoms with Crippen LogP contribution in [0.25, 0.3) is 0 Å². The van der Waals surface area contributed by atoms with Crippen LogP contribution in [0, 0.1) is 10.5 Å². The van der Waals surface area contributed by atoms with E-state index in [1.807, 2.05) is 24.3 Å².